The number of nitrogens with zero attached hydrogens (tertiary/aromatic N) is 5. The van der Waals surface area contributed by atoms with E-state index in [9.17, 15) is 0 Å². The third-order valence-corrected chi connectivity index (χ3v) is 12.6. The van der Waals surface area contributed by atoms with Crippen LogP contribution in [0.3, 0.4) is 0 Å². The van der Waals surface area contributed by atoms with Crippen LogP contribution in [0.2, 0.25) is 0 Å². The number of hydrogen-bond donors (Lipinski definition) is 0. The Kier molecular flexibility index (Phi) is 7.20. The molecule has 1 unspecified atom stereocenters. The summed E-state index contributed by atoms with van der Waals surface area (Å²) in [6.45, 7) is 4.72. The van der Waals surface area contributed by atoms with Gasteiger partial charge in [-0.2, -0.15) is 9.97 Å². The normalized spacial score (nSPS) is 16.9. The number of thioether (sulfide) groups is 1. The molecule has 1 aliphatic heterocycles. The van der Waals surface area contributed by atoms with Crippen LogP contribution in [0, 0.1) is 0 Å². The van der Waals surface area contributed by atoms with Gasteiger partial charge in [0, 0.05) is 37.8 Å². The highest BCUT2D eigenvalue weighted by molar-refractivity contribution is 8.18. The molecule has 0 amide bonds. The van der Waals surface area contributed by atoms with Crippen LogP contribution in [-0.2, 0) is 5.41 Å². The van der Waals surface area contributed by atoms with E-state index in [4.69, 9.17) is 19.9 Å². The van der Waals surface area contributed by atoms with Gasteiger partial charge >= 0.3 is 0 Å². The number of benzene rings is 6. The topological polar surface area (TPSA) is 56.0 Å². The van der Waals surface area contributed by atoms with E-state index in [-0.39, 0.29) is 11.5 Å². The second-order valence-corrected chi connectivity index (χ2v) is 16.0. The van der Waals surface area contributed by atoms with Crippen molar-refractivity contribution in [2.24, 2.45) is 4.99 Å². The summed E-state index contributed by atoms with van der Waals surface area (Å²) >= 11 is 1.85. The Labute approximate surface area is 323 Å². The third-order valence-electron chi connectivity index (χ3n) is 11.4. The van der Waals surface area contributed by atoms with Crippen LogP contribution in [0.25, 0.3) is 67.2 Å². The van der Waals surface area contributed by atoms with Gasteiger partial charge in [0.25, 0.3) is 0 Å². The Morgan fingerprint density at radius 1 is 0.582 bits per heavy atom. The van der Waals surface area contributed by atoms with Crippen molar-refractivity contribution in [2.75, 3.05) is 0 Å². The highest BCUT2D eigenvalue weighted by Gasteiger charge is 2.45. The lowest BCUT2D eigenvalue weighted by atomic mass is 9.79. The molecule has 3 aliphatic rings. The van der Waals surface area contributed by atoms with Gasteiger partial charge in [-0.1, -0.05) is 159 Å². The maximum Gasteiger partial charge on any atom is 0.238 e. The Balaban J connectivity index is 1.08. The van der Waals surface area contributed by atoms with E-state index in [2.05, 4.69) is 170 Å². The molecule has 0 saturated heterocycles. The molecule has 6 heteroatoms. The summed E-state index contributed by atoms with van der Waals surface area (Å²) in [5, 5.41) is 3.45. The average molecular weight is 726 g/mol. The molecule has 0 saturated carbocycles. The maximum absolute atomic E-state index is 5.30. The zero-order chi connectivity index (χ0) is 36.7. The Morgan fingerprint density at radius 3 is 1.89 bits per heavy atom. The van der Waals surface area contributed by atoms with Crippen molar-refractivity contribution < 1.29 is 0 Å². The first-order chi connectivity index (χ1) is 27.0. The Bertz CT molecular complexity index is 2900. The molecule has 262 valence electrons. The van der Waals surface area contributed by atoms with Crippen LogP contribution in [-0.4, -0.2) is 30.6 Å². The molecule has 0 bridgehead atoms. The standard InChI is InChI=1S/C49H35N5S/c1-49(2)39-29-34(24-25-35(39)38-26-27-40-44(43(38)49)55-47(50-40)31-16-7-4-8-17-31)46-51-45(33-19-13-18-32(28-33)30-14-5-3-6-15-30)52-48(53-46)54-41-22-11-9-20-36(41)37-21-10-12-23-42(37)54/h3-26,28-29,40H,27H2,1-2H3. The Hall–Kier alpha value is -6.37. The zero-order valence-electron chi connectivity index (χ0n) is 30.4. The van der Waals surface area contributed by atoms with E-state index in [1.807, 2.05) is 17.8 Å². The van der Waals surface area contributed by atoms with Gasteiger partial charge in [0.15, 0.2) is 11.6 Å². The first-order valence-corrected chi connectivity index (χ1v) is 19.6. The Morgan fingerprint density at radius 2 is 1.18 bits per heavy atom. The predicted molar refractivity (Wildman–Crippen MR) is 227 cm³/mol. The quantitative estimate of drug-likeness (QED) is 0.177. The number of fused-ring (bicyclic) bond motifs is 7. The molecule has 0 N–H and O–H groups in total. The second kappa shape index (κ2) is 12.3. The second-order valence-electron chi connectivity index (χ2n) is 15.0. The number of hydrogen-bond acceptors (Lipinski definition) is 5. The largest absolute Gasteiger partial charge is 0.278 e. The van der Waals surface area contributed by atoms with Gasteiger partial charge < -0.3 is 0 Å². The van der Waals surface area contributed by atoms with Gasteiger partial charge in [0.05, 0.1) is 17.1 Å². The summed E-state index contributed by atoms with van der Waals surface area (Å²) in [6, 6.07) is 53.5. The van der Waals surface area contributed by atoms with Gasteiger partial charge in [-0.25, -0.2) is 4.98 Å². The molecule has 11 rings (SSSR count). The van der Waals surface area contributed by atoms with E-state index < -0.39 is 0 Å². The molecular formula is C49H35N5S. The lowest BCUT2D eigenvalue weighted by Gasteiger charge is -2.27. The summed E-state index contributed by atoms with van der Waals surface area (Å²) in [5.41, 5.74) is 12.6. The predicted octanol–water partition coefficient (Wildman–Crippen LogP) is 11.9. The number of para-hydroxylation sites is 2. The van der Waals surface area contributed by atoms with Crippen molar-refractivity contribution in [2.45, 2.75) is 31.7 Å². The van der Waals surface area contributed by atoms with E-state index in [0.29, 0.717) is 17.6 Å². The van der Waals surface area contributed by atoms with Crippen molar-refractivity contribution in [1.82, 2.24) is 19.5 Å². The first kappa shape index (κ1) is 32.1. The molecule has 8 aromatic rings. The molecular weight excluding hydrogens is 691 g/mol. The highest BCUT2D eigenvalue weighted by atomic mass is 32.2. The van der Waals surface area contributed by atoms with Crippen molar-refractivity contribution in [1.29, 1.82) is 0 Å². The maximum atomic E-state index is 5.30. The first-order valence-electron chi connectivity index (χ1n) is 18.8. The number of aromatic nitrogens is 4. The van der Waals surface area contributed by atoms with Crippen LogP contribution < -0.4 is 0 Å². The fourth-order valence-electron chi connectivity index (χ4n) is 8.74. The smallest absolute Gasteiger partial charge is 0.238 e. The fourth-order valence-corrected chi connectivity index (χ4v) is 10.1. The fraction of sp³-hybridized carbons (Fsp3) is 0.102. The lowest BCUT2D eigenvalue weighted by molar-refractivity contribution is 0.645. The van der Waals surface area contributed by atoms with E-state index in [0.717, 1.165) is 44.8 Å². The zero-order valence-corrected chi connectivity index (χ0v) is 31.3. The number of rotatable bonds is 5. The minimum absolute atomic E-state index is 0.165. The minimum Gasteiger partial charge on any atom is -0.278 e. The summed E-state index contributed by atoms with van der Waals surface area (Å²) in [6.07, 6.45) is 3.33. The van der Waals surface area contributed by atoms with Crippen LogP contribution in [0.4, 0.5) is 0 Å². The molecule has 55 heavy (non-hydrogen) atoms. The third kappa shape index (κ3) is 5.09. The average Bonchev–Trinajstić information content (AvgIpc) is 3.90. The summed E-state index contributed by atoms with van der Waals surface area (Å²) in [5.74, 6) is 1.88. The molecule has 0 spiro atoms. The molecule has 0 radical (unpaired) electrons. The van der Waals surface area contributed by atoms with Crippen molar-refractivity contribution in [3.8, 4) is 39.9 Å². The number of allylic oxidation sites excluding steroid dienone is 2. The van der Waals surface area contributed by atoms with E-state index in [1.54, 1.807) is 0 Å². The van der Waals surface area contributed by atoms with Crippen molar-refractivity contribution in [3.63, 3.8) is 0 Å². The van der Waals surface area contributed by atoms with E-state index >= 15 is 0 Å². The summed E-state index contributed by atoms with van der Waals surface area (Å²) in [7, 11) is 0. The van der Waals surface area contributed by atoms with Gasteiger partial charge in [0.2, 0.25) is 5.95 Å². The monoisotopic (exact) mass is 725 g/mol. The highest BCUT2D eigenvalue weighted by Crippen LogP contribution is 2.57. The van der Waals surface area contributed by atoms with Gasteiger partial charge in [-0.05, 0) is 64.1 Å². The van der Waals surface area contributed by atoms with Crippen molar-refractivity contribution in [3.05, 3.63) is 185 Å². The van der Waals surface area contributed by atoms with Crippen LogP contribution in [0.1, 0.15) is 37.0 Å². The number of aliphatic imine (C=N–C) groups is 1. The van der Waals surface area contributed by atoms with Crippen LogP contribution >= 0.6 is 11.8 Å². The van der Waals surface area contributed by atoms with Crippen LogP contribution in [0.5, 0.6) is 0 Å². The van der Waals surface area contributed by atoms with Gasteiger partial charge in [0.1, 0.15) is 5.04 Å². The van der Waals surface area contributed by atoms with Gasteiger partial charge in [-0.15, -0.1) is 0 Å². The molecule has 5 nitrogen and oxygen atoms in total. The molecule has 3 heterocycles. The SMILES string of the molecule is CC1(C)C2=C3SC(c4ccccc4)=NC3CC=C2c2ccc(-c3nc(-c4cccc(-c5ccccc5)c4)nc(-n4c5ccccc5c5ccccc54)n3)cc21. The van der Waals surface area contributed by atoms with Gasteiger partial charge in [-0.3, -0.25) is 9.56 Å². The molecule has 2 aliphatic carbocycles. The molecule has 2 aromatic heterocycles. The molecule has 0 fully saturated rings. The van der Waals surface area contributed by atoms with Crippen LogP contribution in [0.15, 0.2) is 173 Å². The minimum atomic E-state index is -0.227. The van der Waals surface area contributed by atoms with E-state index in [1.165, 1.54) is 43.5 Å². The summed E-state index contributed by atoms with van der Waals surface area (Å²) in [4.78, 5) is 22.4. The molecule has 1 atom stereocenters. The van der Waals surface area contributed by atoms with Crippen molar-refractivity contribution >= 4 is 44.2 Å². The summed E-state index contributed by atoms with van der Waals surface area (Å²) < 4.78 is 2.19. The lowest BCUT2D eigenvalue weighted by Crippen LogP contribution is -2.20. The molecule has 6 aromatic carbocycles.